The summed E-state index contributed by atoms with van der Waals surface area (Å²) < 4.78 is 5.59. The number of hydrogen-bond acceptors (Lipinski definition) is 2. The van der Waals surface area contributed by atoms with Crippen molar-refractivity contribution in [3.05, 3.63) is 29.8 Å². The molecule has 2 heteroatoms. The number of ether oxygens (including phenoxy) is 1. The van der Waals surface area contributed by atoms with Crippen LogP contribution in [0.25, 0.3) is 0 Å². The largest absolute Gasteiger partial charge is 0.488 e. The van der Waals surface area contributed by atoms with Crippen molar-refractivity contribution in [3.8, 4) is 5.75 Å². The fraction of sp³-hybridized carbons (Fsp3) is 0.455. The van der Waals surface area contributed by atoms with Crippen molar-refractivity contribution < 1.29 is 9.84 Å². The fourth-order valence-corrected chi connectivity index (χ4v) is 1.12. The average molecular weight is 180 g/mol. The maximum Gasteiger partial charge on any atom is 0.122 e. The molecule has 0 spiro atoms. The molecule has 1 aromatic rings. The van der Waals surface area contributed by atoms with Crippen molar-refractivity contribution in [3.63, 3.8) is 0 Å². The molecule has 2 nitrogen and oxygen atoms in total. The van der Waals surface area contributed by atoms with Crippen LogP contribution in [0.4, 0.5) is 0 Å². The third kappa shape index (κ3) is 2.74. The van der Waals surface area contributed by atoms with Crippen LogP contribution in [0.1, 0.15) is 18.9 Å². The van der Waals surface area contributed by atoms with Gasteiger partial charge in [0.25, 0.3) is 0 Å². The molecule has 0 fully saturated rings. The summed E-state index contributed by atoms with van der Waals surface area (Å²) in [6.45, 7) is 4.07. The highest BCUT2D eigenvalue weighted by Gasteiger charge is 2.06. The van der Waals surface area contributed by atoms with Gasteiger partial charge in [-0.15, -0.1) is 0 Å². The lowest BCUT2D eigenvalue weighted by molar-refractivity contribution is 0.112. The second kappa shape index (κ2) is 4.87. The quantitative estimate of drug-likeness (QED) is 0.769. The van der Waals surface area contributed by atoms with Crippen LogP contribution in [0.5, 0.6) is 5.75 Å². The number of rotatable bonds is 4. The van der Waals surface area contributed by atoms with Crippen LogP contribution in [0.15, 0.2) is 24.3 Å². The first-order valence-corrected chi connectivity index (χ1v) is 4.61. The van der Waals surface area contributed by atoms with Crippen molar-refractivity contribution in [1.82, 2.24) is 0 Å². The van der Waals surface area contributed by atoms with Crippen LogP contribution >= 0.6 is 0 Å². The summed E-state index contributed by atoms with van der Waals surface area (Å²) in [5, 5.41) is 8.95. The Balaban J connectivity index is 2.67. The molecule has 0 aliphatic rings. The molecule has 0 saturated carbocycles. The maximum atomic E-state index is 8.95. The lowest BCUT2D eigenvalue weighted by atomic mass is 10.2. The SMILES string of the molecule is CCC(CO)Oc1ccccc1C. The predicted octanol–water partition coefficient (Wildman–Crippen LogP) is 2.14. The van der Waals surface area contributed by atoms with E-state index in [1.165, 1.54) is 0 Å². The molecule has 0 aromatic heterocycles. The Kier molecular flexibility index (Phi) is 3.77. The van der Waals surface area contributed by atoms with Gasteiger partial charge in [-0.3, -0.25) is 0 Å². The minimum atomic E-state index is -0.0823. The molecule has 1 rings (SSSR count). The van der Waals surface area contributed by atoms with E-state index < -0.39 is 0 Å². The number of aryl methyl sites for hydroxylation is 1. The second-order valence-electron chi connectivity index (χ2n) is 3.10. The van der Waals surface area contributed by atoms with Crippen LogP contribution in [-0.2, 0) is 0 Å². The molecule has 1 aromatic carbocycles. The summed E-state index contributed by atoms with van der Waals surface area (Å²) in [5.41, 5.74) is 1.11. The van der Waals surface area contributed by atoms with Gasteiger partial charge in [0.1, 0.15) is 11.9 Å². The highest BCUT2D eigenvalue weighted by molar-refractivity contribution is 5.31. The Bertz CT molecular complexity index is 254. The monoisotopic (exact) mass is 180 g/mol. The van der Waals surface area contributed by atoms with E-state index in [1.54, 1.807) is 0 Å². The zero-order chi connectivity index (χ0) is 9.68. The number of hydrogen-bond donors (Lipinski definition) is 1. The Morgan fingerprint density at radius 2 is 2.08 bits per heavy atom. The van der Waals surface area contributed by atoms with Gasteiger partial charge in [-0.25, -0.2) is 0 Å². The minimum absolute atomic E-state index is 0.0742. The van der Waals surface area contributed by atoms with Gasteiger partial charge in [-0.05, 0) is 25.0 Å². The number of aliphatic hydroxyl groups is 1. The fourth-order valence-electron chi connectivity index (χ4n) is 1.12. The summed E-state index contributed by atoms with van der Waals surface area (Å²) in [6.07, 6.45) is 0.742. The number of aliphatic hydroxyl groups excluding tert-OH is 1. The molecule has 0 radical (unpaired) electrons. The van der Waals surface area contributed by atoms with E-state index in [-0.39, 0.29) is 12.7 Å². The summed E-state index contributed by atoms with van der Waals surface area (Å²) in [6, 6.07) is 7.83. The second-order valence-corrected chi connectivity index (χ2v) is 3.10. The van der Waals surface area contributed by atoms with E-state index in [0.717, 1.165) is 17.7 Å². The first kappa shape index (κ1) is 10.1. The molecule has 1 atom stereocenters. The van der Waals surface area contributed by atoms with Gasteiger partial charge < -0.3 is 9.84 Å². The maximum absolute atomic E-state index is 8.95. The topological polar surface area (TPSA) is 29.5 Å². The van der Waals surface area contributed by atoms with E-state index in [2.05, 4.69) is 0 Å². The molecule has 0 bridgehead atoms. The number of benzene rings is 1. The van der Waals surface area contributed by atoms with Gasteiger partial charge in [0.15, 0.2) is 0 Å². The molecule has 72 valence electrons. The Morgan fingerprint density at radius 1 is 1.38 bits per heavy atom. The van der Waals surface area contributed by atoms with Gasteiger partial charge in [0, 0.05) is 0 Å². The Morgan fingerprint density at radius 3 is 2.62 bits per heavy atom. The Labute approximate surface area is 79.2 Å². The van der Waals surface area contributed by atoms with Crippen molar-refractivity contribution in [2.45, 2.75) is 26.4 Å². The smallest absolute Gasteiger partial charge is 0.122 e. The lowest BCUT2D eigenvalue weighted by Gasteiger charge is -2.16. The summed E-state index contributed by atoms with van der Waals surface area (Å²) >= 11 is 0. The molecule has 0 saturated heterocycles. The predicted molar refractivity (Wildman–Crippen MR) is 53.0 cm³/mol. The van der Waals surface area contributed by atoms with Gasteiger partial charge >= 0.3 is 0 Å². The molecule has 0 amide bonds. The van der Waals surface area contributed by atoms with Crippen molar-refractivity contribution in [2.75, 3.05) is 6.61 Å². The molecule has 0 heterocycles. The molecule has 1 unspecified atom stereocenters. The third-order valence-corrected chi connectivity index (χ3v) is 2.05. The van der Waals surface area contributed by atoms with E-state index in [1.807, 2.05) is 38.1 Å². The van der Waals surface area contributed by atoms with E-state index >= 15 is 0 Å². The minimum Gasteiger partial charge on any atom is -0.488 e. The highest BCUT2D eigenvalue weighted by Crippen LogP contribution is 2.18. The molecule has 13 heavy (non-hydrogen) atoms. The van der Waals surface area contributed by atoms with Crippen molar-refractivity contribution >= 4 is 0 Å². The molecule has 0 aliphatic heterocycles. The molecular formula is C11H16O2. The number of para-hydroxylation sites is 1. The normalized spacial score (nSPS) is 12.5. The van der Waals surface area contributed by atoms with Crippen molar-refractivity contribution in [2.24, 2.45) is 0 Å². The molecule has 0 aliphatic carbocycles. The third-order valence-electron chi connectivity index (χ3n) is 2.05. The Hall–Kier alpha value is -1.02. The van der Waals surface area contributed by atoms with Gasteiger partial charge in [-0.2, -0.15) is 0 Å². The molecular weight excluding hydrogens is 164 g/mol. The van der Waals surface area contributed by atoms with E-state index in [4.69, 9.17) is 9.84 Å². The van der Waals surface area contributed by atoms with Gasteiger partial charge in [-0.1, -0.05) is 25.1 Å². The van der Waals surface area contributed by atoms with Crippen LogP contribution < -0.4 is 4.74 Å². The summed E-state index contributed by atoms with van der Waals surface area (Å²) in [4.78, 5) is 0. The highest BCUT2D eigenvalue weighted by atomic mass is 16.5. The van der Waals surface area contributed by atoms with Crippen LogP contribution in [0.2, 0.25) is 0 Å². The van der Waals surface area contributed by atoms with Gasteiger partial charge in [0.2, 0.25) is 0 Å². The molecule has 1 N–H and O–H groups in total. The van der Waals surface area contributed by atoms with E-state index in [9.17, 15) is 0 Å². The zero-order valence-corrected chi connectivity index (χ0v) is 8.16. The van der Waals surface area contributed by atoms with Crippen LogP contribution in [0, 0.1) is 6.92 Å². The van der Waals surface area contributed by atoms with Crippen molar-refractivity contribution in [1.29, 1.82) is 0 Å². The van der Waals surface area contributed by atoms with E-state index in [0.29, 0.717) is 0 Å². The standard InChI is InChI=1S/C11H16O2/c1-3-10(8-12)13-11-7-5-4-6-9(11)2/h4-7,10,12H,3,8H2,1-2H3. The lowest BCUT2D eigenvalue weighted by Crippen LogP contribution is -2.20. The van der Waals surface area contributed by atoms with Gasteiger partial charge in [0.05, 0.1) is 6.61 Å². The summed E-state index contributed by atoms with van der Waals surface area (Å²) in [5.74, 6) is 0.864. The zero-order valence-electron chi connectivity index (χ0n) is 8.16. The summed E-state index contributed by atoms with van der Waals surface area (Å²) in [7, 11) is 0. The first-order chi connectivity index (χ1) is 6.27. The first-order valence-electron chi connectivity index (χ1n) is 4.61. The van der Waals surface area contributed by atoms with Crippen LogP contribution in [-0.4, -0.2) is 17.8 Å². The van der Waals surface area contributed by atoms with Crippen LogP contribution in [0.3, 0.4) is 0 Å². The average Bonchev–Trinajstić information content (AvgIpc) is 2.17.